The maximum atomic E-state index is 11.8. The fraction of sp³-hybridized carbons (Fsp3) is 0.429. The third-order valence-electron chi connectivity index (χ3n) is 2.79. The van der Waals surface area contributed by atoms with E-state index < -0.39 is 11.0 Å². The molecule has 1 N–H and O–H groups in total. The van der Waals surface area contributed by atoms with Gasteiger partial charge in [-0.15, -0.1) is 0 Å². The van der Waals surface area contributed by atoms with Gasteiger partial charge < -0.3 is 10.1 Å². The number of nitro groups is 1. The number of nitrogens with zero attached hydrogens (tertiary/aromatic N) is 2. The Morgan fingerprint density at radius 3 is 2.86 bits per heavy atom. The minimum absolute atomic E-state index is 0.0304. The summed E-state index contributed by atoms with van der Waals surface area (Å²) in [6.45, 7) is 4.06. The van der Waals surface area contributed by atoms with E-state index in [1.807, 2.05) is 13.0 Å². The Kier molecular flexibility index (Phi) is 6.14. The van der Waals surface area contributed by atoms with Gasteiger partial charge in [-0.1, -0.05) is 13.3 Å². The Hall–Kier alpha value is -2.62. The van der Waals surface area contributed by atoms with Crippen molar-refractivity contribution < 1.29 is 14.5 Å². The van der Waals surface area contributed by atoms with Crippen molar-refractivity contribution in [2.45, 2.75) is 32.8 Å². The molecule has 0 aromatic heterocycles. The molecule has 1 atom stereocenters. The second-order valence-corrected chi connectivity index (χ2v) is 4.46. The maximum Gasteiger partial charge on any atom is 0.312 e. The zero-order valence-electron chi connectivity index (χ0n) is 12.0. The van der Waals surface area contributed by atoms with Crippen molar-refractivity contribution in [2.24, 2.45) is 0 Å². The van der Waals surface area contributed by atoms with E-state index in [0.29, 0.717) is 6.54 Å². The summed E-state index contributed by atoms with van der Waals surface area (Å²) in [6.07, 6.45) is 0.958. The highest BCUT2D eigenvalue weighted by Crippen LogP contribution is 2.28. The van der Waals surface area contributed by atoms with E-state index in [0.717, 1.165) is 18.9 Å². The Morgan fingerprint density at radius 1 is 1.57 bits per heavy atom. The van der Waals surface area contributed by atoms with Crippen molar-refractivity contribution in [3.63, 3.8) is 0 Å². The normalized spacial score (nSPS) is 11.3. The molecular formula is C14H17N3O4. The van der Waals surface area contributed by atoms with Gasteiger partial charge in [-0.25, -0.2) is 0 Å². The average molecular weight is 291 g/mol. The summed E-state index contributed by atoms with van der Waals surface area (Å²) in [6, 6.07) is 5.68. The van der Waals surface area contributed by atoms with E-state index in [4.69, 9.17) is 10.00 Å². The molecule has 0 aliphatic heterocycles. The highest BCUT2D eigenvalue weighted by atomic mass is 16.6. The Balaban J connectivity index is 2.80. The van der Waals surface area contributed by atoms with Crippen molar-refractivity contribution >= 4 is 11.6 Å². The molecule has 7 heteroatoms. The minimum Gasteiger partial charge on any atom is -0.474 e. The van der Waals surface area contributed by atoms with Gasteiger partial charge in [-0.2, -0.15) is 5.26 Å². The first-order valence-corrected chi connectivity index (χ1v) is 6.62. The number of unbranched alkanes of at least 4 members (excludes halogenated alkanes) is 1. The second kappa shape index (κ2) is 7.85. The average Bonchev–Trinajstić information content (AvgIpc) is 2.47. The van der Waals surface area contributed by atoms with Gasteiger partial charge in [0.05, 0.1) is 16.6 Å². The molecule has 1 unspecified atom stereocenters. The lowest BCUT2D eigenvalue weighted by Crippen LogP contribution is -2.36. The lowest BCUT2D eigenvalue weighted by Gasteiger charge is -2.14. The number of amides is 1. The van der Waals surface area contributed by atoms with Crippen LogP contribution in [0, 0.1) is 21.4 Å². The van der Waals surface area contributed by atoms with Gasteiger partial charge in [0.15, 0.2) is 11.9 Å². The van der Waals surface area contributed by atoms with Crippen LogP contribution in [0.5, 0.6) is 5.75 Å². The minimum atomic E-state index is -0.853. The number of carbonyl (C=O) groups excluding carboxylic acids is 1. The fourth-order valence-corrected chi connectivity index (χ4v) is 1.61. The van der Waals surface area contributed by atoms with Crippen molar-refractivity contribution in [2.75, 3.05) is 6.54 Å². The number of carbonyl (C=O) groups is 1. The summed E-state index contributed by atoms with van der Waals surface area (Å²) < 4.78 is 5.34. The van der Waals surface area contributed by atoms with Crippen LogP contribution in [-0.4, -0.2) is 23.5 Å². The third-order valence-corrected chi connectivity index (χ3v) is 2.79. The third kappa shape index (κ3) is 4.76. The number of rotatable bonds is 7. The number of nitrogens with one attached hydrogen (secondary N) is 1. The van der Waals surface area contributed by atoms with E-state index in [2.05, 4.69) is 5.32 Å². The second-order valence-electron chi connectivity index (χ2n) is 4.46. The van der Waals surface area contributed by atoms with Crippen molar-refractivity contribution in [1.82, 2.24) is 5.32 Å². The van der Waals surface area contributed by atoms with Gasteiger partial charge in [-0.3, -0.25) is 14.9 Å². The van der Waals surface area contributed by atoms with Crippen LogP contribution >= 0.6 is 0 Å². The van der Waals surface area contributed by atoms with Gasteiger partial charge in [0.2, 0.25) is 0 Å². The van der Waals surface area contributed by atoms with E-state index in [9.17, 15) is 14.9 Å². The number of nitro benzene ring substituents is 1. The Bertz CT molecular complexity index is 566. The number of nitriles is 1. The lowest BCUT2D eigenvalue weighted by molar-refractivity contribution is -0.386. The first kappa shape index (κ1) is 16.4. The van der Waals surface area contributed by atoms with Gasteiger partial charge in [-0.05, 0) is 25.5 Å². The SMILES string of the molecule is CCCCNC(=O)C(C)Oc1ccc(C#N)cc1[N+](=O)[O-]. The maximum absolute atomic E-state index is 11.8. The van der Waals surface area contributed by atoms with Crippen LogP contribution in [0.1, 0.15) is 32.3 Å². The predicted molar refractivity (Wildman–Crippen MR) is 75.8 cm³/mol. The summed E-state index contributed by atoms with van der Waals surface area (Å²) in [5, 5.41) is 22.4. The van der Waals surface area contributed by atoms with Gasteiger partial charge in [0.25, 0.3) is 5.91 Å². The summed E-state index contributed by atoms with van der Waals surface area (Å²) in [5.41, 5.74) is -0.170. The van der Waals surface area contributed by atoms with E-state index >= 15 is 0 Å². The van der Waals surface area contributed by atoms with Crippen molar-refractivity contribution in [3.05, 3.63) is 33.9 Å². The summed E-state index contributed by atoms with van der Waals surface area (Å²) in [5.74, 6) is -0.362. The molecule has 1 aromatic carbocycles. The van der Waals surface area contributed by atoms with Crippen LogP contribution in [0.2, 0.25) is 0 Å². The number of ether oxygens (including phenoxy) is 1. The molecule has 0 fully saturated rings. The van der Waals surface area contributed by atoms with Crippen LogP contribution in [0.3, 0.4) is 0 Å². The number of hydrogen-bond donors (Lipinski definition) is 1. The molecule has 0 bridgehead atoms. The first-order valence-electron chi connectivity index (χ1n) is 6.62. The van der Waals surface area contributed by atoms with E-state index in [-0.39, 0.29) is 22.9 Å². The molecule has 112 valence electrons. The number of benzene rings is 1. The molecule has 21 heavy (non-hydrogen) atoms. The molecule has 7 nitrogen and oxygen atoms in total. The van der Waals surface area contributed by atoms with E-state index in [1.165, 1.54) is 19.1 Å². The topological polar surface area (TPSA) is 105 Å². The Labute approximate surface area is 122 Å². The summed E-state index contributed by atoms with van der Waals surface area (Å²) >= 11 is 0. The van der Waals surface area contributed by atoms with Crippen molar-refractivity contribution in [3.8, 4) is 11.8 Å². The molecule has 0 aliphatic rings. The molecular weight excluding hydrogens is 274 g/mol. The molecule has 0 heterocycles. The molecule has 1 amide bonds. The molecule has 1 aromatic rings. The van der Waals surface area contributed by atoms with Crippen molar-refractivity contribution in [1.29, 1.82) is 5.26 Å². The largest absolute Gasteiger partial charge is 0.474 e. The van der Waals surface area contributed by atoms with Gasteiger partial charge >= 0.3 is 5.69 Å². The van der Waals surface area contributed by atoms with Gasteiger partial charge in [0.1, 0.15) is 0 Å². The van der Waals surface area contributed by atoms with E-state index in [1.54, 1.807) is 0 Å². The zero-order chi connectivity index (χ0) is 15.8. The predicted octanol–water partition coefficient (Wildman–Crippen LogP) is 2.15. The monoisotopic (exact) mass is 291 g/mol. The molecule has 0 aliphatic carbocycles. The van der Waals surface area contributed by atoms with Crippen LogP contribution in [-0.2, 0) is 4.79 Å². The summed E-state index contributed by atoms with van der Waals surface area (Å²) in [7, 11) is 0. The van der Waals surface area contributed by atoms with Gasteiger partial charge in [0, 0.05) is 12.6 Å². The Morgan fingerprint density at radius 2 is 2.29 bits per heavy atom. The summed E-state index contributed by atoms with van der Waals surface area (Å²) in [4.78, 5) is 22.1. The standard InChI is InChI=1S/C14H17N3O4/c1-3-4-7-16-14(18)10(2)21-13-6-5-11(9-15)8-12(13)17(19)20/h5-6,8,10H,3-4,7H2,1-2H3,(H,16,18). The smallest absolute Gasteiger partial charge is 0.312 e. The fourth-order valence-electron chi connectivity index (χ4n) is 1.61. The lowest BCUT2D eigenvalue weighted by atomic mass is 10.2. The molecule has 0 spiro atoms. The van der Waals surface area contributed by atoms with Crippen LogP contribution in [0.15, 0.2) is 18.2 Å². The highest BCUT2D eigenvalue weighted by molar-refractivity contribution is 5.80. The highest BCUT2D eigenvalue weighted by Gasteiger charge is 2.21. The van der Waals surface area contributed by atoms with Crippen LogP contribution in [0.25, 0.3) is 0 Å². The molecule has 1 rings (SSSR count). The first-order chi connectivity index (χ1) is 9.99. The quantitative estimate of drug-likeness (QED) is 0.470. The van der Waals surface area contributed by atoms with Crippen LogP contribution < -0.4 is 10.1 Å². The molecule has 0 radical (unpaired) electrons. The zero-order valence-corrected chi connectivity index (χ0v) is 12.0. The van der Waals surface area contributed by atoms with Crippen LogP contribution in [0.4, 0.5) is 5.69 Å². The molecule has 0 saturated heterocycles. The molecule has 0 saturated carbocycles. The number of hydrogen-bond acceptors (Lipinski definition) is 5.